The minimum Gasteiger partial charge on any atom is -0.330 e. The van der Waals surface area contributed by atoms with Crippen LogP contribution in [0.5, 0.6) is 0 Å². The molecule has 2 fully saturated rings. The maximum Gasteiger partial charge on any atom is 0.325 e. The molecule has 0 aliphatic carbocycles. The summed E-state index contributed by atoms with van der Waals surface area (Å²) < 4.78 is 0. The van der Waals surface area contributed by atoms with Gasteiger partial charge in [0, 0.05) is 22.7 Å². The lowest BCUT2D eigenvalue weighted by molar-refractivity contribution is -0.130. The zero-order valence-corrected chi connectivity index (χ0v) is 12.9. The van der Waals surface area contributed by atoms with Crippen molar-refractivity contribution in [1.29, 1.82) is 0 Å². The largest absolute Gasteiger partial charge is 0.330 e. The van der Waals surface area contributed by atoms with Crippen molar-refractivity contribution < 1.29 is 14.4 Å². The molecule has 0 aromatic heterocycles. The Morgan fingerprint density at radius 3 is 2.36 bits per heavy atom. The summed E-state index contributed by atoms with van der Waals surface area (Å²) in [5, 5.41) is 8.17. The van der Waals surface area contributed by atoms with Gasteiger partial charge in [0.05, 0.1) is 6.04 Å². The molecule has 1 aromatic rings. The van der Waals surface area contributed by atoms with Gasteiger partial charge < -0.3 is 15.5 Å². The van der Waals surface area contributed by atoms with Gasteiger partial charge in [-0.2, -0.15) is 0 Å². The molecular formula is C13H12Cl2N4O3. The predicted octanol–water partition coefficient (Wildman–Crippen LogP) is 1.47. The number of carbonyl (C=O) groups is 3. The van der Waals surface area contributed by atoms with Crippen molar-refractivity contribution in [3.05, 3.63) is 33.8 Å². The average molecular weight is 343 g/mol. The van der Waals surface area contributed by atoms with E-state index in [0.717, 1.165) is 0 Å². The molecule has 0 spiro atoms. The molecule has 3 unspecified atom stereocenters. The molecule has 2 heterocycles. The highest BCUT2D eigenvalue weighted by Crippen LogP contribution is 2.38. The molecule has 22 heavy (non-hydrogen) atoms. The summed E-state index contributed by atoms with van der Waals surface area (Å²) in [6.45, 7) is 0. The van der Waals surface area contributed by atoms with Gasteiger partial charge in [0.25, 0.3) is 0 Å². The summed E-state index contributed by atoms with van der Waals surface area (Å²) in [4.78, 5) is 37.1. The standard InChI is InChI=1S/C13H12Cl2N4O3/c1-19-10-8(11(20)18-13(19)22)9(16-12(21)17-10)7-5(14)3-2-4-6(7)15/h2-4,8-10H,1H3,(H2,16,17,21)(H,18,20,22). The number of urea groups is 2. The number of fused-ring (bicyclic) bond motifs is 1. The normalized spacial score (nSPS) is 27.7. The summed E-state index contributed by atoms with van der Waals surface area (Å²) in [5.74, 6) is -1.25. The van der Waals surface area contributed by atoms with E-state index in [-0.39, 0.29) is 0 Å². The number of benzene rings is 1. The van der Waals surface area contributed by atoms with Crippen LogP contribution in [0.15, 0.2) is 18.2 Å². The first-order valence-corrected chi connectivity index (χ1v) is 7.24. The third kappa shape index (κ3) is 2.26. The highest BCUT2D eigenvalue weighted by atomic mass is 35.5. The minimum atomic E-state index is -0.771. The fourth-order valence-electron chi connectivity index (χ4n) is 2.77. The number of carbonyl (C=O) groups excluding carboxylic acids is 3. The Hall–Kier alpha value is -1.99. The first-order chi connectivity index (χ1) is 10.4. The highest BCUT2D eigenvalue weighted by Gasteiger charge is 2.49. The molecular weight excluding hydrogens is 331 g/mol. The van der Waals surface area contributed by atoms with Crippen molar-refractivity contribution in [3.63, 3.8) is 0 Å². The maximum atomic E-state index is 12.3. The van der Waals surface area contributed by atoms with Crippen LogP contribution in [0.2, 0.25) is 10.0 Å². The van der Waals surface area contributed by atoms with Crippen LogP contribution in [0.4, 0.5) is 9.59 Å². The van der Waals surface area contributed by atoms with Crippen LogP contribution in [0, 0.1) is 5.92 Å². The molecule has 2 aliphatic rings. The summed E-state index contributed by atoms with van der Waals surface area (Å²) in [7, 11) is 1.50. The van der Waals surface area contributed by atoms with Crippen LogP contribution >= 0.6 is 23.2 Å². The van der Waals surface area contributed by atoms with Gasteiger partial charge >= 0.3 is 12.1 Å². The Morgan fingerprint density at radius 2 is 1.73 bits per heavy atom. The van der Waals surface area contributed by atoms with Gasteiger partial charge in [0.1, 0.15) is 12.1 Å². The third-order valence-corrected chi connectivity index (χ3v) is 4.51. The van der Waals surface area contributed by atoms with Gasteiger partial charge in [-0.05, 0) is 12.1 Å². The molecule has 1 aromatic carbocycles. The number of nitrogens with zero attached hydrogens (tertiary/aromatic N) is 1. The first-order valence-electron chi connectivity index (χ1n) is 6.48. The monoisotopic (exact) mass is 342 g/mol. The van der Waals surface area contributed by atoms with Crippen molar-refractivity contribution >= 4 is 41.2 Å². The van der Waals surface area contributed by atoms with Crippen molar-refractivity contribution in [3.8, 4) is 0 Å². The van der Waals surface area contributed by atoms with Gasteiger partial charge in [-0.25, -0.2) is 9.59 Å². The zero-order valence-electron chi connectivity index (χ0n) is 11.4. The smallest absolute Gasteiger partial charge is 0.325 e. The van der Waals surface area contributed by atoms with E-state index < -0.39 is 36.1 Å². The Bertz CT molecular complexity index is 661. The lowest BCUT2D eigenvalue weighted by Crippen LogP contribution is -2.71. The molecule has 3 rings (SSSR count). The quantitative estimate of drug-likeness (QED) is 0.721. The van der Waals surface area contributed by atoms with Gasteiger partial charge in [0.15, 0.2) is 0 Å². The van der Waals surface area contributed by atoms with E-state index in [2.05, 4.69) is 16.0 Å². The predicted molar refractivity (Wildman–Crippen MR) is 79.5 cm³/mol. The van der Waals surface area contributed by atoms with E-state index in [9.17, 15) is 14.4 Å². The zero-order chi connectivity index (χ0) is 16.0. The Balaban J connectivity index is 2.08. The number of rotatable bonds is 1. The molecule has 116 valence electrons. The number of amides is 5. The molecule has 0 saturated carbocycles. The van der Waals surface area contributed by atoms with Gasteiger partial charge in [0.2, 0.25) is 5.91 Å². The van der Waals surface area contributed by atoms with Crippen LogP contribution in [-0.2, 0) is 4.79 Å². The van der Waals surface area contributed by atoms with E-state index in [1.807, 2.05) is 0 Å². The topological polar surface area (TPSA) is 90.5 Å². The molecule has 0 radical (unpaired) electrons. The number of hydrogen-bond donors (Lipinski definition) is 3. The van der Waals surface area contributed by atoms with Crippen molar-refractivity contribution in [2.75, 3.05) is 7.05 Å². The number of halogens is 2. The molecule has 9 heteroatoms. The average Bonchev–Trinajstić information content (AvgIpc) is 2.44. The fraction of sp³-hybridized carbons (Fsp3) is 0.308. The number of hydrogen-bond acceptors (Lipinski definition) is 3. The lowest BCUT2D eigenvalue weighted by atomic mass is 9.86. The lowest BCUT2D eigenvalue weighted by Gasteiger charge is -2.45. The van der Waals surface area contributed by atoms with Crippen LogP contribution in [-0.4, -0.2) is 36.1 Å². The number of imide groups is 1. The summed E-state index contributed by atoms with van der Waals surface area (Å²) in [6, 6.07) is 3.11. The van der Waals surface area contributed by atoms with Gasteiger partial charge in [-0.15, -0.1) is 0 Å². The molecule has 3 atom stereocenters. The second-order valence-electron chi connectivity index (χ2n) is 5.11. The first kappa shape index (κ1) is 14.9. The number of nitrogens with one attached hydrogen (secondary N) is 3. The summed E-state index contributed by atoms with van der Waals surface area (Å²) >= 11 is 12.4. The molecule has 7 nitrogen and oxygen atoms in total. The molecule has 2 aliphatic heterocycles. The summed E-state index contributed by atoms with van der Waals surface area (Å²) in [5.41, 5.74) is 0.452. The van der Waals surface area contributed by atoms with Crippen molar-refractivity contribution in [1.82, 2.24) is 20.9 Å². The van der Waals surface area contributed by atoms with Crippen LogP contribution in [0.1, 0.15) is 11.6 Å². The molecule has 2 saturated heterocycles. The molecule has 3 N–H and O–H groups in total. The summed E-state index contributed by atoms with van der Waals surface area (Å²) in [6.07, 6.45) is -0.771. The van der Waals surface area contributed by atoms with Crippen LogP contribution in [0.3, 0.4) is 0 Å². The van der Waals surface area contributed by atoms with Crippen LogP contribution in [0.25, 0.3) is 0 Å². The van der Waals surface area contributed by atoms with Crippen molar-refractivity contribution in [2.24, 2.45) is 5.92 Å². The second-order valence-corrected chi connectivity index (χ2v) is 5.92. The second kappa shape index (κ2) is 5.33. The van der Waals surface area contributed by atoms with E-state index in [1.165, 1.54) is 11.9 Å². The Morgan fingerprint density at radius 1 is 1.09 bits per heavy atom. The Labute approximate surface area is 135 Å². The molecule has 0 bridgehead atoms. The minimum absolute atomic E-state index is 0.339. The van der Waals surface area contributed by atoms with E-state index in [0.29, 0.717) is 15.6 Å². The molecule has 5 amide bonds. The van der Waals surface area contributed by atoms with E-state index in [4.69, 9.17) is 23.2 Å². The third-order valence-electron chi connectivity index (χ3n) is 3.85. The van der Waals surface area contributed by atoms with Gasteiger partial charge in [-0.1, -0.05) is 29.3 Å². The fourth-order valence-corrected chi connectivity index (χ4v) is 3.41. The Kier molecular flexibility index (Phi) is 3.62. The maximum absolute atomic E-state index is 12.3. The van der Waals surface area contributed by atoms with Crippen molar-refractivity contribution in [2.45, 2.75) is 12.2 Å². The van der Waals surface area contributed by atoms with Crippen LogP contribution < -0.4 is 16.0 Å². The van der Waals surface area contributed by atoms with E-state index in [1.54, 1.807) is 18.2 Å². The van der Waals surface area contributed by atoms with E-state index >= 15 is 0 Å². The van der Waals surface area contributed by atoms with Gasteiger partial charge in [-0.3, -0.25) is 10.1 Å². The highest BCUT2D eigenvalue weighted by molar-refractivity contribution is 6.36. The SMILES string of the molecule is CN1C(=O)NC(=O)C2C(c3c(Cl)cccc3Cl)NC(=O)NC21.